The highest BCUT2D eigenvalue weighted by Crippen LogP contribution is 2.25. The fourth-order valence-corrected chi connectivity index (χ4v) is 3.73. The maximum atomic E-state index is 10.1. The van der Waals surface area contributed by atoms with Crippen LogP contribution in [-0.2, 0) is 6.54 Å². The summed E-state index contributed by atoms with van der Waals surface area (Å²) in [6.07, 6.45) is -1.58. The first-order valence-electron chi connectivity index (χ1n) is 9.63. The molecular weight excluding hydrogens is 346 g/mol. The molecule has 150 valence electrons. The predicted octanol–water partition coefficient (Wildman–Crippen LogP) is 0.444. The van der Waals surface area contributed by atoms with E-state index in [-0.39, 0.29) is 13.2 Å². The maximum absolute atomic E-state index is 10.1. The van der Waals surface area contributed by atoms with Gasteiger partial charge in [-0.25, -0.2) is 0 Å². The van der Waals surface area contributed by atoms with E-state index < -0.39 is 24.4 Å². The highest BCUT2D eigenvalue weighted by molar-refractivity contribution is 5.60. The second-order valence-corrected chi connectivity index (χ2v) is 7.18. The van der Waals surface area contributed by atoms with Gasteiger partial charge in [0.1, 0.15) is 18.3 Å². The first kappa shape index (κ1) is 21.6. The molecule has 0 radical (unpaired) electrons. The van der Waals surface area contributed by atoms with E-state index in [4.69, 9.17) is 0 Å². The van der Waals surface area contributed by atoms with Gasteiger partial charge in [-0.15, -0.1) is 0 Å². The molecule has 4 atom stereocenters. The Kier molecular flexibility index (Phi) is 8.02. The zero-order valence-corrected chi connectivity index (χ0v) is 16.1. The molecule has 1 saturated heterocycles. The van der Waals surface area contributed by atoms with Crippen LogP contribution in [0, 0.1) is 11.3 Å². The Balaban J connectivity index is 2.23. The molecular formula is C20H31N3O4. The van der Waals surface area contributed by atoms with E-state index in [1.165, 1.54) is 0 Å². The minimum Gasteiger partial charge on any atom is -0.395 e. The highest BCUT2D eigenvalue weighted by Gasteiger charge is 2.40. The smallest absolute Gasteiger partial charge is 0.109 e. The van der Waals surface area contributed by atoms with Gasteiger partial charge in [-0.3, -0.25) is 4.90 Å². The van der Waals surface area contributed by atoms with Crippen LogP contribution in [0.15, 0.2) is 18.2 Å². The number of nitriles is 1. The van der Waals surface area contributed by atoms with Gasteiger partial charge in [0.25, 0.3) is 0 Å². The number of benzene rings is 1. The van der Waals surface area contributed by atoms with E-state index in [2.05, 4.69) is 24.8 Å². The molecule has 0 aromatic heterocycles. The lowest BCUT2D eigenvalue weighted by Crippen LogP contribution is -2.62. The summed E-state index contributed by atoms with van der Waals surface area (Å²) >= 11 is 0. The van der Waals surface area contributed by atoms with E-state index in [0.717, 1.165) is 37.2 Å². The predicted molar refractivity (Wildman–Crippen MR) is 103 cm³/mol. The first-order valence-corrected chi connectivity index (χ1v) is 9.63. The van der Waals surface area contributed by atoms with Crippen molar-refractivity contribution in [2.45, 2.75) is 57.6 Å². The Hall–Kier alpha value is -1.69. The summed E-state index contributed by atoms with van der Waals surface area (Å²) in [5, 5.41) is 49.1. The molecule has 0 bridgehead atoms. The molecule has 1 aromatic rings. The van der Waals surface area contributed by atoms with Gasteiger partial charge in [0.05, 0.1) is 30.0 Å². The molecule has 4 N–H and O–H groups in total. The molecule has 7 heteroatoms. The number of hydrogen-bond acceptors (Lipinski definition) is 7. The number of anilines is 1. The standard InChI is InChI=1S/C20H31N3O4/c1-3-7-22(8-4-2)16-6-5-14(9-15(16)10-21)11-23-12-18(25)20(27)19(26)17(23)13-24/h5-6,9,17-20,24-27H,3-4,7-8,11-13H2,1-2H3. The van der Waals surface area contributed by atoms with Crippen molar-refractivity contribution in [3.8, 4) is 6.07 Å². The number of aliphatic hydroxyl groups excluding tert-OH is 4. The molecule has 27 heavy (non-hydrogen) atoms. The zero-order valence-electron chi connectivity index (χ0n) is 16.1. The van der Waals surface area contributed by atoms with Crippen LogP contribution in [0.2, 0.25) is 0 Å². The number of rotatable bonds is 8. The molecule has 1 aliphatic heterocycles. The zero-order chi connectivity index (χ0) is 20.0. The second kappa shape index (κ2) is 10.0. The van der Waals surface area contributed by atoms with E-state index in [9.17, 15) is 25.7 Å². The summed E-state index contributed by atoms with van der Waals surface area (Å²) in [5.74, 6) is 0. The minimum atomic E-state index is -1.27. The average Bonchev–Trinajstić information content (AvgIpc) is 2.66. The van der Waals surface area contributed by atoms with Crippen molar-refractivity contribution in [3.05, 3.63) is 29.3 Å². The molecule has 0 spiro atoms. The third-order valence-electron chi connectivity index (χ3n) is 5.11. The van der Waals surface area contributed by atoms with Crippen LogP contribution < -0.4 is 4.90 Å². The van der Waals surface area contributed by atoms with Crippen molar-refractivity contribution in [2.75, 3.05) is 31.1 Å². The first-order chi connectivity index (χ1) is 13.0. The van der Waals surface area contributed by atoms with Crippen LogP contribution in [0.3, 0.4) is 0 Å². The van der Waals surface area contributed by atoms with E-state index in [0.29, 0.717) is 12.1 Å². The van der Waals surface area contributed by atoms with Gasteiger partial charge in [-0.2, -0.15) is 5.26 Å². The van der Waals surface area contributed by atoms with Crippen LogP contribution in [0.4, 0.5) is 5.69 Å². The Morgan fingerprint density at radius 1 is 1.15 bits per heavy atom. The fourth-order valence-electron chi connectivity index (χ4n) is 3.73. The van der Waals surface area contributed by atoms with Crippen LogP contribution >= 0.6 is 0 Å². The summed E-state index contributed by atoms with van der Waals surface area (Å²) in [5.41, 5.74) is 2.36. The van der Waals surface area contributed by atoms with E-state index in [1.807, 2.05) is 18.2 Å². The van der Waals surface area contributed by atoms with Crippen molar-refractivity contribution < 1.29 is 20.4 Å². The largest absolute Gasteiger partial charge is 0.395 e. The van der Waals surface area contributed by atoms with E-state index in [1.54, 1.807) is 4.90 Å². The molecule has 4 unspecified atom stereocenters. The third kappa shape index (κ3) is 4.98. The molecule has 1 aliphatic rings. The topological polar surface area (TPSA) is 111 Å². The van der Waals surface area contributed by atoms with Gasteiger partial charge in [0, 0.05) is 26.2 Å². The lowest BCUT2D eigenvalue weighted by molar-refractivity contribution is -0.147. The third-order valence-corrected chi connectivity index (χ3v) is 5.11. The number of piperidine rings is 1. The van der Waals surface area contributed by atoms with Gasteiger partial charge in [0.2, 0.25) is 0 Å². The van der Waals surface area contributed by atoms with Gasteiger partial charge < -0.3 is 25.3 Å². The highest BCUT2D eigenvalue weighted by atomic mass is 16.4. The number of nitrogens with zero attached hydrogens (tertiary/aromatic N) is 3. The Morgan fingerprint density at radius 2 is 1.81 bits per heavy atom. The number of hydrogen-bond donors (Lipinski definition) is 4. The van der Waals surface area contributed by atoms with Crippen molar-refractivity contribution in [2.24, 2.45) is 0 Å². The van der Waals surface area contributed by atoms with E-state index >= 15 is 0 Å². The molecule has 7 nitrogen and oxygen atoms in total. The summed E-state index contributed by atoms with van der Waals surface area (Å²) in [4.78, 5) is 3.96. The van der Waals surface area contributed by atoms with Crippen molar-refractivity contribution >= 4 is 5.69 Å². The quantitative estimate of drug-likeness (QED) is 0.520. The SMILES string of the molecule is CCCN(CCC)c1ccc(CN2CC(O)C(O)C(O)C2CO)cc1C#N. The molecule has 1 aromatic carbocycles. The molecule has 2 rings (SSSR count). The van der Waals surface area contributed by atoms with Crippen LogP contribution in [0.25, 0.3) is 0 Å². The van der Waals surface area contributed by atoms with Gasteiger partial charge >= 0.3 is 0 Å². The van der Waals surface area contributed by atoms with Crippen LogP contribution in [-0.4, -0.2) is 75.9 Å². The molecule has 1 fully saturated rings. The lowest BCUT2D eigenvalue weighted by atomic mass is 9.93. The summed E-state index contributed by atoms with van der Waals surface area (Å²) in [6.45, 7) is 6.18. The number of likely N-dealkylation sites (tertiary alicyclic amines) is 1. The van der Waals surface area contributed by atoms with Crippen molar-refractivity contribution in [1.29, 1.82) is 5.26 Å². The number of aliphatic hydroxyl groups is 4. The van der Waals surface area contributed by atoms with Gasteiger partial charge in [-0.05, 0) is 30.5 Å². The Morgan fingerprint density at radius 3 is 2.37 bits per heavy atom. The second-order valence-electron chi connectivity index (χ2n) is 7.18. The van der Waals surface area contributed by atoms with Gasteiger partial charge in [-0.1, -0.05) is 19.9 Å². The molecule has 0 saturated carbocycles. The van der Waals surface area contributed by atoms with Crippen molar-refractivity contribution in [3.63, 3.8) is 0 Å². The number of β-amino-alcohol motifs (C(OH)–C–C–N with tert-alkyl or cyclic N) is 1. The summed E-state index contributed by atoms with van der Waals surface area (Å²) in [7, 11) is 0. The normalized spacial score (nSPS) is 26.0. The van der Waals surface area contributed by atoms with Crippen LogP contribution in [0.1, 0.15) is 37.8 Å². The van der Waals surface area contributed by atoms with Crippen LogP contribution in [0.5, 0.6) is 0 Å². The van der Waals surface area contributed by atoms with Gasteiger partial charge in [0.15, 0.2) is 0 Å². The Labute approximate surface area is 161 Å². The Bertz CT molecular complexity index is 643. The summed E-state index contributed by atoms with van der Waals surface area (Å²) < 4.78 is 0. The molecule has 0 aliphatic carbocycles. The van der Waals surface area contributed by atoms with Crippen molar-refractivity contribution in [1.82, 2.24) is 4.90 Å². The minimum absolute atomic E-state index is 0.144. The molecule has 1 heterocycles. The monoisotopic (exact) mass is 377 g/mol. The average molecular weight is 377 g/mol. The fraction of sp³-hybridized carbons (Fsp3) is 0.650. The maximum Gasteiger partial charge on any atom is 0.109 e. The lowest BCUT2D eigenvalue weighted by Gasteiger charge is -2.43. The summed E-state index contributed by atoms with van der Waals surface area (Å²) in [6, 6.07) is 7.32. The molecule has 0 amide bonds.